The molecule has 0 fully saturated rings. The Labute approximate surface area is 113 Å². The molecule has 0 amide bonds. The van der Waals surface area contributed by atoms with Crippen LogP contribution in [0.5, 0.6) is 0 Å². The predicted octanol–water partition coefficient (Wildman–Crippen LogP) is 0.901. The van der Waals surface area contributed by atoms with E-state index < -0.39 is 0 Å². The second kappa shape index (κ2) is 4.85. The largest absolute Gasteiger partial charge is 0.365 e. The number of hydrogen-bond acceptors (Lipinski definition) is 5. The van der Waals surface area contributed by atoms with Crippen LogP contribution in [0.25, 0.3) is 5.65 Å². The van der Waals surface area contributed by atoms with Gasteiger partial charge in [0, 0.05) is 6.54 Å². The summed E-state index contributed by atoms with van der Waals surface area (Å²) in [6, 6.07) is 12.8. The molecule has 1 aromatic carbocycles. The van der Waals surface area contributed by atoms with E-state index in [0.29, 0.717) is 23.6 Å². The fourth-order valence-electron chi connectivity index (χ4n) is 1.84. The van der Waals surface area contributed by atoms with E-state index in [-0.39, 0.29) is 5.69 Å². The van der Waals surface area contributed by atoms with Crippen molar-refractivity contribution < 1.29 is 0 Å². The number of anilines is 1. The molecule has 98 valence electrons. The van der Waals surface area contributed by atoms with Crippen LogP contribution in [0.3, 0.4) is 0 Å². The van der Waals surface area contributed by atoms with Gasteiger partial charge in [-0.3, -0.25) is 0 Å². The molecule has 0 saturated heterocycles. The van der Waals surface area contributed by atoms with Crippen molar-refractivity contribution in [3.8, 4) is 6.07 Å². The van der Waals surface area contributed by atoms with Gasteiger partial charge in [0.1, 0.15) is 5.82 Å². The van der Waals surface area contributed by atoms with Gasteiger partial charge in [-0.15, -0.1) is 5.10 Å². The van der Waals surface area contributed by atoms with Crippen molar-refractivity contribution >= 4 is 11.5 Å². The van der Waals surface area contributed by atoms with E-state index in [1.54, 1.807) is 24.3 Å². The molecule has 0 radical (unpaired) electrons. The third-order valence-electron chi connectivity index (χ3n) is 2.80. The summed E-state index contributed by atoms with van der Waals surface area (Å²) in [5.41, 5.74) is 1.66. The highest BCUT2D eigenvalue weighted by molar-refractivity contribution is 5.43. The highest BCUT2D eigenvalue weighted by Crippen LogP contribution is 2.08. The molecule has 0 atom stereocenters. The first kappa shape index (κ1) is 11.9. The summed E-state index contributed by atoms with van der Waals surface area (Å²) in [6.45, 7) is 0.515. The third kappa shape index (κ3) is 2.22. The number of aromatic amines is 1. The number of rotatable bonds is 3. The molecule has 0 aliphatic rings. The molecule has 0 saturated carbocycles. The highest BCUT2D eigenvalue weighted by Gasteiger charge is 2.02. The zero-order valence-corrected chi connectivity index (χ0v) is 10.4. The van der Waals surface area contributed by atoms with Crippen molar-refractivity contribution in [1.82, 2.24) is 19.8 Å². The van der Waals surface area contributed by atoms with Crippen molar-refractivity contribution in [3.63, 3.8) is 0 Å². The van der Waals surface area contributed by atoms with Gasteiger partial charge in [0.15, 0.2) is 5.65 Å². The summed E-state index contributed by atoms with van der Waals surface area (Å²) in [7, 11) is 0. The molecule has 0 unspecified atom stereocenters. The Morgan fingerprint density at radius 1 is 1.35 bits per heavy atom. The van der Waals surface area contributed by atoms with Crippen molar-refractivity contribution in [2.75, 3.05) is 5.32 Å². The van der Waals surface area contributed by atoms with E-state index in [2.05, 4.69) is 26.7 Å². The molecule has 2 heterocycles. The smallest absolute Gasteiger partial charge is 0.364 e. The first-order valence-electron chi connectivity index (χ1n) is 5.93. The summed E-state index contributed by atoms with van der Waals surface area (Å²) in [5.74, 6) is 0.559. The SMILES string of the molecule is N#Cc1cccc(CNc2ccc3n[nH]c(=O)n3n2)c1. The molecular formula is C13H10N6O. The van der Waals surface area contributed by atoms with Gasteiger partial charge >= 0.3 is 5.69 Å². The van der Waals surface area contributed by atoms with Crippen LogP contribution in [0.15, 0.2) is 41.2 Å². The minimum atomic E-state index is -0.380. The van der Waals surface area contributed by atoms with Gasteiger partial charge in [-0.25, -0.2) is 9.89 Å². The number of nitriles is 1. The average molecular weight is 266 g/mol. The standard InChI is InChI=1S/C13H10N6O/c14-7-9-2-1-3-10(6-9)8-15-11-4-5-12-16-17-13(20)19(12)18-11/h1-6H,8H2,(H,15,18)(H,17,20). The molecule has 0 bridgehead atoms. The van der Waals surface area contributed by atoms with E-state index in [1.807, 2.05) is 12.1 Å². The lowest BCUT2D eigenvalue weighted by atomic mass is 10.1. The Hall–Kier alpha value is -3.14. The Balaban J connectivity index is 1.81. The number of fused-ring (bicyclic) bond motifs is 1. The van der Waals surface area contributed by atoms with Crippen LogP contribution in [0.4, 0.5) is 5.82 Å². The molecular weight excluding hydrogens is 256 g/mol. The van der Waals surface area contributed by atoms with E-state index in [0.717, 1.165) is 5.56 Å². The van der Waals surface area contributed by atoms with Gasteiger partial charge in [0.05, 0.1) is 11.6 Å². The maximum atomic E-state index is 11.4. The van der Waals surface area contributed by atoms with E-state index in [9.17, 15) is 4.79 Å². The van der Waals surface area contributed by atoms with Crippen LogP contribution in [-0.4, -0.2) is 19.8 Å². The first-order chi connectivity index (χ1) is 9.76. The lowest BCUT2D eigenvalue weighted by Crippen LogP contribution is -2.13. The lowest BCUT2D eigenvalue weighted by Gasteiger charge is -2.05. The molecule has 7 heteroatoms. The number of benzene rings is 1. The zero-order chi connectivity index (χ0) is 13.9. The average Bonchev–Trinajstić information content (AvgIpc) is 2.86. The topological polar surface area (TPSA) is 98.9 Å². The van der Waals surface area contributed by atoms with Gasteiger partial charge in [-0.1, -0.05) is 12.1 Å². The second-order valence-corrected chi connectivity index (χ2v) is 4.18. The molecule has 2 aromatic heterocycles. The zero-order valence-electron chi connectivity index (χ0n) is 10.4. The van der Waals surface area contributed by atoms with Crippen molar-refractivity contribution in [3.05, 3.63) is 58.0 Å². The van der Waals surface area contributed by atoms with Crippen molar-refractivity contribution in [1.29, 1.82) is 5.26 Å². The maximum absolute atomic E-state index is 11.4. The third-order valence-corrected chi connectivity index (χ3v) is 2.80. The van der Waals surface area contributed by atoms with Gasteiger partial charge in [-0.05, 0) is 29.8 Å². The normalized spacial score (nSPS) is 10.3. The van der Waals surface area contributed by atoms with Crippen LogP contribution in [0, 0.1) is 11.3 Å². The van der Waals surface area contributed by atoms with Crippen LogP contribution in [0.2, 0.25) is 0 Å². The van der Waals surface area contributed by atoms with Gasteiger partial charge in [-0.2, -0.15) is 14.9 Å². The van der Waals surface area contributed by atoms with Gasteiger partial charge < -0.3 is 5.32 Å². The minimum Gasteiger partial charge on any atom is -0.365 e. The van der Waals surface area contributed by atoms with Gasteiger partial charge in [0.25, 0.3) is 0 Å². The Morgan fingerprint density at radius 3 is 3.10 bits per heavy atom. The van der Waals surface area contributed by atoms with Crippen LogP contribution < -0.4 is 11.0 Å². The number of nitrogens with one attached hydrogen (secondary N) is 2. The molecule has 7 nitrogen and oxygen atoms in total. The van der Waals surface area contributed by atoms with E-state index >= 15 is 0 Å². The Bertz CT molecular complexity index is 857. The fraction of sp³-hybridized carbons (Fsp3) is 0.0769. The highest BCUT2D eigenvalue weighted by atomic mass is 16.2. The van der Waals surface area contributed by atoms with Crippen LogP contribution in [0.1, 0.15) is 11.1 Å². The van der Waals surface area contributed by atoms with Crippen molar-refractivity contribution in [2.45, 2.75) is 6.54 Å². The fourth-order valence-corrected chi connectivity index (χ4v) is 1.84. The van der Waals surface area contributed by atoms with Crippen LogP contribution >= 0.6 is 0 Å². The van der Waals surface area contributed by atoms with E-state index in [4.69, 9.17) is 5.26 Å². The van der Waals surface area contributed by atoms with E-state index in [1.165, 1.54) is 4.52 Å². The molecule has 3 rings (SSSR count). The second-order valence-electron chi connectivity index (χ2n) is 4.18. The number of nitrogens with zero attached hydrogens (tertiary/aromatic N) is 4. The minimum absolute atomic E-state index is 0.380. The summed E-state index contributed by atoms with van der Waals surface area (Å²) in [4.78, 5) is 11.4. The molecule has 3 aromatic rings. The first-order valence-corrected chi connectivity index (χ1v) is 5.93. The molecule has 0 aliphatic carbocycles. The monoisotopic (exact) mass is 266 g/mol. The lowest BCUT2D eigenvalue weighted by molar-refractivity contribution is 0.875. The molecule has 2 N–H and O–H groups in total. The number of H-pyrrole nitrogens is 1. The summed E-state index contributed by atoms with van der Waals surface area (Å²) < 4.78 is 1.19. The quantitative estimate of drug-likeness (QED) is 0.733. The van der Waals surface area contributed by atoms with Crippen molar-refractivity contribution in [2.24, 2.45) is 0 Å². The Morgan fingerprint density at radius 2 is 2.25 bits per heavy atom. The molecule has 0 spiro atoms. The summed E-state index contributed by atoms with van der Waals surface area (Å²) in [5, 5.41) is 22.2. The molecule has 20 heavy (non-hydrogen) atoms. The maximum Gasteiger partial charge on any atom is 0.364 e. The molecule has 0 aliphatic heterocycles. The number of aromatic nitrogens is 4. The van der Waals surface area contributed by atoms with Crippen LogP contribution in [-0.2, 0) is 6.54 Å². The predicted molar refractivity (Wildman–Crippen MR) is 72.1 cm³/mol. The number of hydrogen-bond donors (Lipinski definition) is 2. The summed E-state index contributed by atoms with van der Waals surface area (Å²) in [6.07, 6.45) is 0. The Kier molecular flexibility index (Phi) is 2.89. The van der Waals surface area contributed by atoms with Gasteiger partial charge in [0.2, 0.25) is 0 Å². The summed E-state index contributed by atoms with van der Waals surface area (Å²) >= 11 is 0.